The number of nitrogens with zero attached hydrogens (tertiary/aromatic N) is 2. The quantitative estimate of drug-likeness (QED) is 0.677. The van der Waals surface area contributed by atoms with Gasteiger partial charge in [-0.15, -0.1) is 0 Å². The van der Waals surface area contributed by atoms with Crippen LogP contribution >= 0.6 is 0 Å². The Bertz CT molecular complexity index is 831. The lowest BCUT2D eigenvalue weighted by atomic mass is 10.1. The second-order valence-corrected chi connectivity index (χ2v) is 6.85. The number of fused-ring (bicyclic) bond motifs is 1. The normalized spacial score (nSPS) is 18.1. The van der Waals surface area contributed by atoms with Gasteiger partial charge in [0.15, 0.2) is 0 Å². The van der Waals surface area contributed by atoms with Crippen molar-refractivity contribution in [2.75, 3.05) is 13.7 Å². The molecule has 4 heteroatoms. The fourth-order valence-corrected chi connectivity index (χ4v) is 3.56. The topological polar surface area (TPSA) is 38.5 Å². The van der Waals surface area contributed by atoms with Crippen LogP contribution in [-0.4, -0.2) is 23.5 Å². The second-order valence-electron chi connectivity index (χ2n) is 6.85. The Morgan fingerprint density at radius 2 is 2.08 bits per heavy atom. The molecule has 0 amide bonds. The van der Waals surface area contributed by atoms with Gasteiger partial charge < -0.3 is 9.15 Å². The standard InChI is InChI=1S/C21H24N2O2/c1-23(14-17-6-4-5-16-13-22-11-10-19(16)17)15-18-8-9-21(25-18)20-7-2-3-12-24-20/h4-6,8-11,13,20H,2-3,7,12,14-15H2,1H3. The molecule has 1 aromatic carbocycles. The van der Waals surface area contributed by atoms with Gasteiger partial charge in [-0.2, -0.15) is 0 Å². The first-order valence-corrected chi connectivity index (χ1v) is 9.00. The molecule has 1 atom stereocenters. The van der Waals surface area contributed by atoms with Crippen LogP contribution in [-0.2, 0) is 17.8 Å². The van der Waals surface area contributed by atoms with Gasteiger partial charge in [0.2, 0.25) is 0 Å². The number of pyridine rings is 1. The Morgan fingerprint density at radius 1 is 1.12 bits per heavy atom. The molecule has 3 heterocycles. The zero-order valence-corrected chi connectivity index (χ0v) is 14.6. The summed E-state index contributed by atoms with van der Waals surface area (Å²) in [6.07, 6.45) is 7.35. The molecule has 0 N–H and O–H groups in total. The molecule has 4 rings (SSSR count). The minimum absolute atomic E-state index is 0.137. The van der Waals surface area contributed by atoms with E-state index in [1.54, 1.807) is 0 Å². The van der Waals surface area contributed by atoms with Crippen molar-refractivity contribution in [2.45, 2.75) is 38.5 Å². The second kappa shape index (κ2) is 7.38. The highest BCUT2D eigenvalue weighted by Crippen LogP contribution is 2.29. The van der Waals surface area contributed by atoms with Gasteiger partial charge in [-0.1, -0.05) is 18.2 Å². The lowest BCUT2D eigenvalue weighted by molar-refractivity contribution is 0.000908. The van der Waals surface area contributed by atoms with Gasteiger partial charge in [0.05, 0.1) is 6.54 Å². The van der Waals surface area contributed by atoms with Gasteiger partial charge >= 0.3 is 0 Å². The number of rotatable bonds is 5. The summed E-state index contributed by atoms with van der Waals surface area (Å²) >= 11 is 0. The van der Waals surface area contributed by atoms with Crippen molar-refractivity contribution < 1.29 is 9.15 Å². The van der Waals surface area contributed by atoms with Crippen LogP contribution in [0.4, 0.5) is 0 Å². The molecule has 130 valence electrons. The summed E-state index contributed by atoms with van der Waals surface area (Å²) in [7, 11) is 2.12. The van der Waals surface area contributed by atoms with Crippen molar-refractivity contribution in [3.05, 3.63) is 65.9 Å². The fourth-order valence-electron chi connectivity index (χ4n) is 3.56. The van der Waals surface area contributed by atoms with Gasteiger partial charge in [0.1, 0.15) is 17.6 Å². The van der Waals surface area contributed by atoms with Crippen molar-refractivity contribution in [1.29, 1.82) is 0 Å². The molecule has 1 saturated heterocycles. The molecule has 1 aliphatic heterocycles. The summed E-state index contributed by atoms with van der Waals surface area (Å²) in [4.78, 5) is 6.48. The molecule has 0 radical (unpaired) electrons. The first-order valence-electron chi connectivity index (χ1n) is 9.00. The Morgan fingerprint density at radius 3 is 2.96 bits per heavy atom. The molecule has 0 saturated carbocycles. The Hall–Kier alpha value is -2.17. The van der Waals surface area contributed by atoms with Crippen LogP contribution < -0.4 is 0 Å². The van der Waals surface area contributed by atoms with Crippen molar-refractivity contribution in [2.24, 2.45) is 0 Å². The van der Waals surface area contributed by atoms with E-state index < -0.39 is 0 Å². The highest BCUT2D eigenvalue weighted by atomic mass is 16.5. The van der Waals surface area contributed by atoms with Gasteiger partial charge in [0, 0.05) is 30.9 Å². The van der Waals surface area contributed by atoms with Gasteiger partial charge in [-0.25, -0.2) is 0 Å². The third kappa shape index (κ3) is 3.75. The first kappa shape index (κ1) is 16.3. The highest BCUT2D eigenvalue weighted by molar-refractivity contribution is 5.84. The number of aromatic nitrogens is 1. The summed E-state index contributed by atoms with van der Waals surface area (Å²) in [5, 5.41) is 2.45. The number of hydrogen-bond acceptors (Lipinski definition) is 4. The van der Waals surface area contributed by atoms with E-state index in [9.17, 15) is 0 Å². The zero-order valence-electron chi connectivity index (χ0n) is 14.6. The maximum absolute atomic E-state index is 6.04. The minimum atomic E-state index is 0.137. The zero-order chi connectivity index (χ0) is 17.1. The SMILES string of the molecule is CN(Cc1ccc(C2CCCCO2)o1)Cc1cccc2cnccc12. The average Bonchev–Trinajstić information content (AvgIpc) is 3.11. The van der Waals surface area contributed by atoms with Gasteiger partial charge in [-0.3, -0.25) is 9.88 Å². The minimum Gasteiger partial charge on any atom is -0.462 e. The van der Waals surface area contributed by atoms with E-state index in [0.717, 1.165) is 44.1 Å². The largest absolute Gasteiger partial charge is 0.462 e. The van der Waals surface area contributed by atoms with Crippen LogP contribution in [0.5, 0.6) is 0 Å². The molecule has 0 aliphatic carbocycles. The van der Waals surface area contributed by atoms with Crippen molar-refractivity contribution in [3.63, 3.8) is 0 Å². The maximum Gasteiger partial charge on any atom is 0.133 e. The first-order chi connectivity index (χ1) is 12.3. The van der Waals surface area contributed by atoms with E-state index in [1.807, 2.05) is 12.4 Å². The molecular weight excluding hydrogens is 312 g/mol. The monoisotopic (exact) mass is 336 g/mol. The molecule has 1 aliphatic rings. The van der Waals surface area contributed by atoms with E-state index in [4.69, 9.17) is 9.15 Å². The predicted molar refractivity (Wildman–Crippen MR) is 98.2 cm³/mol. The van der Waals surface area contributed by atoms with Crippen molar-refractivity contribution in [3.8, 4) is 0 Å². The molecule has 4 nitrogen and oxygen atoms in total. The molecule has 1 unspecified atom stereocenters. The predicted octanol–water partition coefficient (Wildman–Crippen LogP) is 4.70. The van der Waals surface area contributed by atoms with Crippen LogP contribution in [0.3, 0.4) is 0 Å². The van der Waals surface area contributed by atoms with Gasteiger partial charge in [-0.05, 0) is 55.5 Å². The number of benzene rings is 1. The van der Waals surface area contributed by atoms with E-state index in [2.05, 4.69) is 53.3 Å². The van der Waals surface area contributed by atoms with Crippen LogP contribution in [0, 0.1) is 0 Å². The third-order valence-corrected chi connectivity index (χ3v) is 4.82. The van der Waals surface area contributed by atoms with Crippen LogP contribution in [0.15, 0.2) is 53.2 Å². The summed E-state index contributed by atoms with van der Waals surface area (Å²) in [6, 6.07) is 12.6. The Kier molecular flexibility index (Phi) is 4.81. The Balaban J connectivity index is 1.43. The van der Waals surface area contributed by atoms with E-state index >= 15 is 0 Å². The van der Waals surface area contributed by atoms with E-state index in [1.165, 1.54) is 22.8 Å². The van der Waals surface area contributed by atoms with E-state index in [-0.39, 0.29) is 6.10 Å². The fraction of sp³-hybridized carbons (Fsp3) is 0.381. The molecular formula is C21H24N2O2. The van der Waals surface area contributed by atoms with Crippen LogP contribution in [0.2, 0.25) is 0 Å². The lowest BCUT2D eigenvalue weighted by Gasteiger charge is -2.20. The third-order valence-electron chi connectivity index (χ3n) is 4.82. The number of ether oxygens (including phenoxy) is 1. The van der Waals surface area contributed by atoms with Gasteiger partial charge in [0.25, 0.3) is 0 Å². The molecule has 2 aromatic heterocycles. The molecule has 0 spiro atoms. The molecule has 0 bridgehead atoms. The Labute approximate surface area is 148 Å². The number of furan rings is 1. The smallest absolute Gasteiger partial charge is 0.133 e. The summed E-state index contributed by atoms with van der Waals surface area (Å²) in [6.45, 7) is 2.50. The van der Waals surface area contributed by atoms with Crippen molar-refractivity contribution in [1.82, 2.24) is 9.88 Å². The van der Waals surface area contributed by atoms with Crippen LogP contribution in [0.1, 0.15) is 42.5 Å². The number of hydrogen-bond donors (Lipinski definition) is 0. The summed E-state index contributed by atoms with van der Waals surface area (Å²) in [5.41, 5.74) is 1.31. The molecule has 1 fully saturated rings. The van der Waals surface area contributed by atoms with Crippen molar-refractivity contribution >= 4 is 10.8 Å². The summed E-state index contributed by atoms with van der Waals surface area (Å²) in [5.74, 6) is 1.97. The lowest BCUT2D eigenvalue weighted by Crippen LogP contribution is -2.17. The summed E-state index contributed by atoms with van der Waals surface area (Å²) < 4.78 is 11.9. The van der Waals surface area contributed by atoms with Crippen LogP contribution in [0.25, 0.3) is 10.8 Å². The average molecular weight is 336 g/mol. The van der Waals surface area contributed by atoms with E-state index in [0.29, 0.717) is 0 Å². The maximum atomic E-state index is 6.04. The molecule has 3 aromatic rings. The molecule has 25 heavy (non-hydrogen) atoms. The highest BCUT2D eigenvalue weighted by Gasteiger charge is 2.19.